The van der Waals surface area contributed by atoms with Gasteiger partial charge in [0.25, 0.3) is 0 Å². The maximum atomic E-state index is 13.2. The summed E-state index contributed by atoms with van der Waals surface area (Å²) in [6.45, 7) is 0.0963. The van der Waals surface area contributed by atoms with E-state index >= 15 is 0 Å². The zero-order chi connectivity index (χ0) is 16.7. The zero-order valence-electron chi connectivity index (χ0n) is 12.0. The molecule has 1 N–H and O–H groups in total. The van der Waals surface area contributed by atoms with Gasteiger partial charge in [-0.1, -0.05) is 12.1 Å². The number of hydrogen-bond acceptors (Lipinski definition) is 2. The molecule has 0 spiro atoms. The summed E-state index contributed by atoms with van der Waals surface area (Å²) in [6, 6.07) is 8.04. The molecule has 1 saturated carbocycles. The molecule has 7 heteroatoms. The normalized spacial score (nSPS) is 16.3. The van der Waals surface area contributed by atoms with Gasteiger partial charge in [-0.05, 0) is 42.7 Å². The van der Waals surface area contributed by atoms with E-state index in [1.165, 1.54) is 12.1 Å². The van der Waals surface area contributed by atoms with Crippen LogP contribution in [0.3, 0.4) is 0 Å². The van der Waals surface area contributed by atoms with Crippen molar-refractivity contribution < 1.29 is 21.6 Å². The Labute approximate surface area is 132 Å². The minimum absolute atomic E-state index is 0.0963. The Bertz CT molecular complexity index is 811. The molecule has 0 atom stereocenters. The Morgan fingerprint density at radius 1 is 0.913 bits per heavy atom. The Balaban J connectivity index is 1.78. The molecular weight excluding hydrogens is 327 g/mol. The van der Waals surface area contributed by atoms with Crippen LogP contribution in [0.2, 0.25) is 0 Å². The monoisotopic (exact) mass is 341 g/mol. The smallest absolute Gasteiger partial charge is 0.210 e. The van der Waals surface area contributed by atoms with Gasteiger partial charge in [-0.2, -0.15) is 0 Å². The molecule has 0 amide bonds. The number of rotatable bonds is 5. The van der Waals surface area contributed by atoms with Crippen molar-refractivity contribution >= 4 is 10.0 Å². The fourth-order valence-electron chi connectivity index (χ4n) is 2.52. The van der Waals surface area contributed by atoms with Crippen molar-refractivity contribution in [3.8, 4) is 0 Å². The highest BCUT2D eigenvalue weighted by molar-refractivity contribution is 7.89. The van der Waals surface area contributed by atoms with Crippen LogP contribution in [0.1, 0.15) is 18.4 Å². The second-order valence-electron chi connectivity index (χ2n) is 5.72. The summed E-state index contributed by atoms with van der Waals surface area (Å²) in [4.78, 5) is -0.454. The van der Waals surface area contributed by atoms with Crippen molar-refractivity contribution in [2.75, 3.05) is 6.54 Å². The van der Waals surface area contributed by atoms with Gasteiger partial charge in [-0.15, -0.1) is 0 Å². The average molecular weight is 341 g/mol. The molecule has 0 unspecified atom stereocenters. The predicted octanol–water partition coefficient (Wildman–Crippen LogP) is 3.11. The highest BCUT2D eigenvalue weighted by atomic mass is 32.2. The molecular formula is C16H14F3NO2S. The molecule has 1 fully saturated rings. The highest BCUT2D eigenvalue weighted by Gasteiger charge is 2.44. The van der Waals surface area contributed by atoms with Crippen molar-refractivity contribution in [1.29, 1.82) is 0 Å². The number of nitrogens with one attached hydrogen (secondary N) is 1. The summed E-state index contributed by atoms with van der Waals surface area (Å²) in [5.74, 6) is -2.27. The molecule has 3 nitrogen and oxygen atoms in total. The van der Waals surface area contributed by atoms with Crippen LogP contribution in [-0.4, -0.2) is 15.0 Å². The van der Waals surface area contributed by atoms with E-state index in [0.717, 1.165) is 30.5 Å². The van der Waals surface area contributed by atoms with Gasteiger partial charge in [0, 0.05) is 18.0 Å². The molecule has 2 aromatic carbocycles. The molecule has 1 aliphatic rings. The molecule has 3 rings (SSSR count). The Morgan fingerprint density at radius 2 is 1.48 bits per heavy atom. The van der Waals surface area contributed by atoms with E-state index in [1.807, 2.05) is 0 Å². The molecule has 0 radical (unpaired) electrons. The van der Waals surface area contributed by atoms with Gasteiger partial charge in [0.2, 0.25) is 10.0 Å². The molecule has 23 heavy (non-hydrogen) atoms. The summed E-state index contributed by atoms with van der Waals surface area (Å²) in [5, 5.41) is 0. The second kappa shape index (κ2) is 5.65. The summed E-state index contributed by atoms with van der Waals surface area (Å²) >= 11 is 0. The minimum Gasteiger partial charge on any atom is -0.210 e. The van der Waals surface area contributed by atoms with Gasteiger partial charge in [0.1, 0.15) is 17.5 Å². The summed E-state index contributed by atoms with van der Waals surface area (Å²) < 4.78 is 66.1. The van der Waals surface area contributed by atoms with E-state index in [2.05, 4.69) is 4.72 Å². The van der Waals surface area contributed by atoms with Gasteiger partial charge in [0.05, 0.1) is 4.90 Å². The quantitative estimate of drug-likeness (QED) is 0.908. The van der Waals surface area contributed by atoms with Crippen LogP contribution < -0.4 is 4.72 Å². The number of benzene rings is 2. The Hall–Kier alpha value is -1.86. The van der Waals surface area contributed by atoms with Gasteiger partial charge in [-0.25, -0.2) is 26.3 Å². The fourth-order valence-corrected chi connectivity index (χ4v) is 3.69. The summed E-state index contributed by atoms with van der Waals surface area (Å²) in [7, 11) is -4.02. The largest absolute Gasteiger partial charge is 0.240 e. The summed E-state index contributed by atoms with van der Waals surface area (Å²) in [5.41, 5.74) is 0.458. The second-order valence-corrected chi connectivity index (χ2v) is 7.48. The molecule has 0 bridgehead atoms. The average Bonchev–Trinajstić information content (AvgIpc) is 3.26. The van der Waals surface area contributed by atoms with Gasteiger partial charge in [-0.3, -0.25) is 0 Å². The summed E-state index contributed by atoms with van der Waals surface area (Å²) in [6.07, 6.45) is 1.53. The number of hydrogen-bond donors (Lipinski definition) is 1. The van der Waals surface area contributed by atoms with Crippen LogP contribution >= 0.6 is 0 Å². The minimum atomic E-state index is -4.02. The molecule has 0 aliphatic heterocycles. The molecule has 2 aromatic rings. The van der Waals surface area contributed by atoms with Crippen molar-refractivity contribution in [3.63, 3.8) is 0 Å². The first-order valence-electron chi connectivity index (χ1n) is 7.03. The van der Waals surface area contributed by atoms with Crippen LogP contribution in [0.15, 0.2) is 47.4 Å². The Kier molecular flexibility index (Phi) is 3.93. The van der Waals surface area contributed by atoms with Crippen LogP contribution in [0.5, 0.6) is 0 Å². The highest BCUT2D eigenvalue weighted by Crippen LogP contribution is 2.47. The lowest BCUT2D eigenvalue weighted by Gasteiger charge is -2.17. The number of halogens is 3. The van der Waals surface area contributed by atoms with E-state index in [9.17, 15) is 21.6 Å². The SMILES string of the molecule is O=S(=O)(NCC1(c2ccc(F)cc2)CC1)c1cc(F)cc(F)c1. The molecule has 0 aromatic heterocycles. The number of sulfonamides is 1. The molecule has 1 aliphatic carbocycles. The first kappa shape index (κ1) is 16.0. The van der Waals surface area contributed by atoms with E-state index in [4.69, 9.17) is 0 Å². The van der Waals surface area contributed by atoms with Gasteiger partial charge in [0.15, 0.2) is 0 Å². The molecule has 122 valence electrons. The maximum Gasteiger partial charge on any atom is 0.240 e. The van der Waals surface area contributed by atoms with Crippen molar-refractivity contribution in [2.45, 2.75) is 23.2 Å². The third-order valence-electron chi connectivity index (χ3n) is 4.06. The van der Waals surface area contributed by atoms with Gasteiger partial charge >= 0.3 is 0 Å². The molecule has 0 heterocycles. The standard InChI is InChI=1S/C16H14F3NO2S/c17-12-3-1-11(2-4-12)16(5-6-16)10-20-23(21,22)15-8-13(18)7-14(19)9-15/h1-4,7-9,20H,5-6,10H2. The van der Waals surface area contributed by atoms with Crippen LogP contribution in [0.25, 0.3) is 0 Å². The third-order valence-corrected chi connectivity index (χ3v) is 5.44. The van der Waals surface area contributed by atoms with E-state index in [-0.39, 0.29) is 17.8 Å². The lowest BCUT2D eigenvalue weighted by Crippen LogP contribution is -2.32. The van der Waals surface area contributed by atoms with Crippen molar-refractivity contribution in [3.05, 3.63) is 65.5 Å². The first-order valence-corrected chi connectivity index (χ1v) is 8.51. The third kappa shape index (κ3) is 3.40. The van der Waals surface area contributed by atoms with Gasteiger partial charge < -0.3 is 0 Å². The van der Waals surface area contributed by atoms with Crippen LogP contribution in [0, 0.1) is 17.5 Å². The van der Waals surface area contributed by atoms with Crippen molar-refractivity contribution in [2.24, 2.45) is 0 Å². The predicted molar refractivity (Wildman–Crippen MR) is 78.9 cm³/mol. The topological polar surface area (TPSA) is 46.2 Å². The Morgan fingerprint density at radius 3 is 2.00 bits per heavy atom. The van der Waals surface area contributed by atoms with E-state index in [0.29, 0.717) is 6.07 Å². The lowest BCUT2D eigenvalue weighted by atomic mass is 9.96. The zero-order valence-corrected chi connectivity index (χ0v) is 12.8. The molecule has 0 saturated heterocycles. The maximum absolute atomic E-state index is 13.2. The van der Waals surface area contributed by atoms with E-state index in [1.54, 1.807) is 12.1 Å². The van der Waals surface area contributed by atoms with Crippen LogP contribution in [0.4, 0.5) is 13.2 Å². The fraction of sp³-hybridized carbons (Fsp3) is 0.250. The van der Waals surface area contributed by atoms with Crippen LogP contribution in [-0.2, 0) is 15.4 Å². The van der Waals surface area contributed by atoms with Crippen molar-refractivity contribution in [1.82, 2.24) is 4.72 Å². The van der Waals surface area contributed by atoms with E-state index < -0.39 is 26.6 Å². The first-order chi connectivity index (χ1) is 10.8. The lowest BCUT2D eigenvalue weighted by molar-refractivity contribution is 0.554.